The van der Waals surface area contributed by atoms with Gasteiger partial charge < -0.3 is 5.32 Å². The summed E-state index contributed by atoms with van der Waals surface area (Å²) in [6.45, 7) is 0. The monoisotopic (exact) mass is 364 g/mol. The summed E-state index contributed by atoms with van der Waals surface area (Å²) in [7, 11) is 0. The minimum absolute atomic E-state index is 0.0234. The number of amides is 1. The van der Waals surface area contributed by atoms with E-state index in [1.807, 2.05) is 0 Å². The summed E-state index contributed by atoms with van der Waals surface area (Å²) in [4.78, 5) is 11.3. The topological polar surface area (TPSA) is 41.1 Å². The number of nitrogens with one attached hydrogen (secondary N) is 2. The van der Waals surface area contributed by atoms with Crippen molar-refractivity contribution in [3.63, 3.8) is 0 Å². The number of benzene rings is 1. The molecule has 0 aromatic heterocycles. The minimum atomic E-state index is -2.08. The molecule has 0 heterocycles. The second-order valence-corrected chi connectivity index (χ2v) is 6.54. The molecule has 18 heavy (non-hydrogen) atoms. The van der Waals surface area contributed by atoms with Gasteiger partial charge in [0.1, 0.15) is 0 Å². The highest BCUT2D eigenvalue weighted by molar-refractivity contribution is 7.80. The molecule has 0 aliphatic carbocycles. The quantitative estimate of drug-likeness (QED) is 0.579. The van der Waals surface area contributed by atoms with E-state index in [0.717, 1.165) is 0 Å². The van der Waals surface area contributed by atoms with Crippen LogP contribution in [-0.2, 0) is 4.79 Å². The Hall–Kier alpha value is 0.0300. The van der Waals surface area contributed by atoms with Crippen molar-refractivity contribution in [2.75, 3.05) is 5.32 Å². The minimum Gasteiger partial charge on any atom is -0.332 e. The van der Waals surface area contributed by atoms with Gasteiger partial charge >= 0.3 is 0 Å². The van der Waals surface area contributed by atoms with Gasteiger partial charge in [-0.25, -0.2) is 0 Å². The number of hydrogen-bond donors (Lipinski definition) is 2. The maximum atomic E-state index is 11.3. The first-order valence-corrected chi connectivity index (χ1v) is 6.64. The van der Waals surface area contributed by atoms with Crippen LogP contribution >= 0.6 is 70.2 Å². The van der Waals surface area contributed by atoms with Crippen LogP contribution in [0.2, 0.25) is 10.0 Å². The van der Waals surface area contributed by atoms with E-state index in [0.29, 0.717) is 15.7 Å². The third-order valence-electron chi connectivity index (χ3n) is 1.66. The molecule has 2 N–H and O–H groups in total. The standard InChI is InChI=1S/C9H5Cl5N2OS/c10-5-2-1-4(3-6(5)11)15-8(18)16-7(17)9(12,13)14/h1-3H,(H2,15,16,17,18). The van der Waals surface area contributed by atoms with E-state index in [1.54, 1.807) is 12.1 Å². The number of alkyl halides is 3. The normalized spacial score (nSPS) is 10.9. The fourth-order valence-corrected chi connectivity index (χ4v) is 1.56. The molecule has 0 spiro atoms. The number of thiocarbonyl (C=S) groups is 1. The Morgan fingerprint density at radius 1 is 1.17 bits per heavy atom. The van der Waals surface area contributed by atoms with Gasteiger partial charge in [-0.3, -0.25) is 10.1 Å². The van der Waals surface area contributed by atoms with Crippen molar-refractivity contribution in [3.05, 3.63) is 28.2 Å². The highest BCUT2D eigenvalue weighted by Gasteiger charge is 2.31. The lowest BCUT2D eigenvalue weighted by molar-refractivity contribution is -0.118. The fourth-order valence-electron chi connectivity index (χ4n) is 0.910. The van der Waals surface area contributed by atoms with E-state index in [2.05, 4.69) is 10.6 Å². The summed E-state index contributed by atoms with van der Waals surface area (Å²) in [5.74, 6) is -0.856. The van der Waals surface area contributed by atoms with Crippen LogP contribution in [0.3, 0.4) is 0 Å². The van der Waals surface area contributed by atoms with Crippen LogP contribution in [0.4, 0.5) is 5.69 Å². The van der Waals surface area contributed by atoms with Crippen molar-refractivity contribution in [2.24, 2.45) is 0 Å². The average Bonchev–Trinajstić information content (AvgIpc) is 2.22. The van der Waals surface area contributed by atoms with Gasteiger partial charge in [-0.15, -0.1) is 0 Å². The zero-order valence-corrected chi connectivity index (χ0v) is 13.0. The Balaban J connectivity index is 2.65. The molecular formula is C9H5Cl5N2OS. The molecule has 1 aromatic rings. The van der Waals surface area contributed by atoms with Crippen molar-refractivity contribution < 1.29 is 4.79 Å². The highest BCUT2D eigenvalue weighted by atomic mass is 35.6. The van der Waals surface area contributed by atoms with E-state index < -0.39 is 9.70 Å². The average molecular weight is 366 g/mol. The molecule has 0 atom stereocenters. The summed E-state index contributed by atoms with van der Waals surface area (Å²) in [5.41, 5.74) is 0.541. The number of carbonyl (C=O) groups is 1. The Labute approximate surface area is 134 Å². The van der Waals surface area contributed by atoms with Gasteiger partial charge in [0, 0.05) is 5.69 Å². The van der Waals surface area contributed by atoms with E-state index >= 15 is 0 Å². The van der Waals surface area contributed by atoms with Gasteiger partial charge in [0.25, 0.3) is 9.70 Å². The first kappa shape index (κ1) is 16.1. The second-order valence-electron chi connectivity index (χ2n) is 3.03. The lowest BCUT2D eigenvalue weighted by atomic mass is 10.3. The lowest BCUT2D eigenvalue weighted by Crippen LogP contribution is -2.41. The molecule has 1 amide bonds. The number of carbonyl (C=O) groups excluding carboxylic acids is 1. The van der Waals surface area contributed by atoms with E-state index in [4.69, 9.17) is 70.2 Å². The predicted octanol–water partition coefficient (Wildman–Crippen LogP) is 4.18. The zero-order chi connectivity index (χ0) is 13.9. The summed E-state index contributed by atoms with van der Waals surface area (Å²) >= 11 is 32.5. The molecule has 98 valence electrons. The van der Waals surface area contributed by atoms with Crippen molar-refractivity contribution in [1.82, 2.24) is 5.32 Å². The molecule has 0 fully saturated rings. The van der Waals surface area contributed by atoms with Crippen molar-refractivity contribution in [1.29, 1.82) is 0 Å². The Morgan fingerprint density at radius 3 is 2.28 bits per heavy atom. The molecule has 1 rings (SSSR count). The van der Waals surface area contributed by atoms with Crippen molar-refractivity contribution in [2.45, 2.75) is 3.79 Å². The first-order valence-electron chi connectivity index (χ1n) is 4.34. The molecule has 0 bridgehead atoms. The van der Waals surface area contributed by atoms with Crippen LogP contribution in [0.5, 0.6) is 0 Å². The molecule has 0 aliphatic rings. The third kappa shape index (κ3) is 4.96. The molecule has 1 aromatic carbocycles. The summed E-state index contributed by atoms with van der Waals surface area (Å²) in [6.07, 6.45) is 0. The van der Waals surface area contributed by atoms with Crippen LogP contribution in [0.1, 0.15) is 0 Å². The summed E-state index contributed by atoms with van der Waals surface area (Å²) in [6, 6.07) is 4.74. The molecule has 0 saturated carbocycles. The van der Waals surface area contributed by atoms with Gasteiger partial charge in [0.05, 0.1) is 10.0 Å². The van der Waals surface area contributed by atoms with E-state index in [-0.39, 0.29) is 5.11 Å². The van der Waals surface area contributed by atoms with Crippen LogP contribution in [0, 0.1) is 0 Å². The molecule has 9 heteroatoms. The predicted molar refractivity (Wildman–Crippen MR) is 81.1 cm³/mol. The molecule has 3 nitrogen and oxygen atoms in total. The van der Waals surface area contributed by atoms with Crippen molar-refractivity contribution in [3.8, 4) is 0 Å². The molecule has 0 aliphatic heterocycles. The molecular weight excluding hydrogens is 361 g/mol. The number of anilines is 1. The number of hydrogen-bond acceptors (Lipinski definition) is 2. The lowest BCUT2D eigenvalue weighted by Gasteiger charge is -2.13. The van der Waals surface area contributed by atoms with Crippen LogP contribution in [-0.4, -0.2) is 14.8 Å². The number of halogens is 5. The van der Waals surface area contributed by atoms with Crippen molar-refractivity contribution >= 4 is 86.9 Å². The zero-order valence-electron chi connectivity index (χ0n) is 8.44. The first-order chi connectivity index (χ1) is 8.20. The summed E-state index contributed by atoms with van der Waals surface area (Å²) in [5, 5.41) is 5.63. The Kier molecular flexibility index (Phi) is 5.77. The smallest absolute Gasteiger partial charge is 0.278 e. The SMILES string of the molecule is O=C(NC(=S)Nc1ccc(Cl)c(Cl)c1)C(Cl)(Cl)Cl. The fraction of sp³-hybridized carbons (Fsp3) is 0.111. The maximum Gasteiger partial charge on any atom is 0.278 e. The Bertz CT molecular complexity index is 488. The van der Waals surface area contributed by atoms with E-state index in [1.165, 1.54) is 6.07 Å². The van der Waals surface area contributed by atoms with Gasteiger partial charge in [0.2, 0.25) is 0 Å². The largest absolute Gasteiger partial charge is 0.332 e. The molecule has 0 radical (unpaired) electrons. The molecule has 0 saturated heterocycles. The van der Waals surface area contributed by atoms with Crippen LogP contribution < -0.4 is 10.6 Å². The number of rotatable bonds is 1. The Morgan fingerprint density at radius 2 is 1.78 bits per heavy atom. The van der Waals surface area contributed by atoms with Crippen LogP contribution in [0.25, 0.3) is 0 Å². The van der Waals surface area contributed by atoms with Gasteiger partial charge in [-0.2, -0.15) is 0 Å². The highest BCUT2D eigenvalue weighted by Crippen LogP contribution is 2.26. The third-order valence-corrected chi connectivity index (χ3v) is 3.12. The van der Waals surface area contributed by atoms with Gasteiger partial charge in [-0.1, -0.05) is 58.0 Å². The van der Waals surface area contributed by atoms with E-state index in [9.17, 15) is 4.79 Å². The van der Waals surface area contributed by atoms with Crippen LogP contribution in [0.15, 0.2) is 18.2 Å². The summed E-state index contributed by atoms with van der Waals surface area (Å²) < 4.78 is -2.08. The molecule has 0 unspecified atom stereocenters. The van der Waals surface area contributed by atoms with Gasteiger partial charge in [0.15, 0.2) is 5.11 Å². The van der Waals surface area contributed by atoms with Gasteiger partial charge in [-0.05, 0) is 30.4 Å². The maximum absolute atomic E-state index is 11.3. The second kappa shape index (κ2) is 6.46.